The summed E-state index contributed by atoms with van der Waals surface area (Å²) < 4.78 is 18.1. The van der Waals surface area contributed by atoms with Gasteiger partial charge >= 0.3 is 0 Å². The summed E-state index contributed by atoms with van der Waals surface area (Å²) in [6.07, 6.45) is 2.97. The van der Waals surface area contributed by atoms with Crippen molar-refractivity contribution in [1.29, 1.82) is 0 Å². The first kappa shape index (κ1) is 24.8. The number of ketones is 2. The quantitative estimate of drug-likeness (QED) is 0.436. The first-order chi connectivity index (χ1) is 16.0. The van der Waals surface area contributed by atoms with E-state index in [0.29, 0.717) is 78.1 Å². The molecule has 6 heteroatoms. The summed E-state index contributed by atoms with van der Waals surface area (Å²) in [7, 11) is 0. The van der Waals surface area contributed by atoms with Crippen LogP contribution in [0.25, 0.3) is 0 Å². The summed E-state index contributed by atoms with van der Waals surface area (Å²) in [6, 6.07) is 3.70. The SMILES string of the molecule is CCCOc1c(Cl)cc(C2C3=C(CC(C)(C)CC3=O)OC3=C2C(=O)CC(C)(C)C3)cc1OCC. The summed E-state index contributed by atoms with van der Waals surface area (Å²) in [5.74, 6) is 1.95. The largest absolute Gasteiger partial charge is 0.490 e. The first-order valence-electron chi connectivity index (χ1n) is 12.3. The number of ether oxygens (including phenoxy) is 3. The molecule has 0 amide bonds. The van der Waals surface area contributed by atoms with Crippen molar-refractivity contribution in [3.63, 3.8) is 0 Å². The van der Waals surface area contributed by atoms with Gasteiger partial charge in [-0.05, 0) is 41.9 Å². The predicted octanol–water partition coefficient (Wildman–Crippen LogP) is 6.93. The molecule has 5 nitrogen and oxygen atoms in total. The molecule has 184 valence electrons. The van der Waals surface area contributed by atoms with E-state index in [4.69, 9.17) is 25.8 Å². The van der Waals surface area contributed by atoms with Crippen molar-refractivity contribution >= 4 is 23.2 Å². The van der Waals surface area contributed by atoms with Gasteiger partial charge in [-0.3, -0.25) is 9.59 Å². The second kappa shape index (κ2) is 9.07. The molecule has 1 heterocycles. The number of halogens is 1. The lowest BCUT2D eigenvalue weighted by Gasteiger charge is -2.42. The maximum Gasteiger partial charge on any atom is 0.179 e. The van der Waals surface area contributed by atoms with Gasteiger partial charge in [0.1, 0.15) is 11.5 Å². The molecule has 4 rings (SSSR count). The van der Waals surface area contributed by atoms with Crippen LogP contribution in [0.5, 0.6) is 11.5 Å². The van der Waals surface area contributed by atoms with E-state index in [9.17, 15) is 9.59 Å². The molecule has 1 aromatic carbocycles. The number of benzene rings is 1. The third-order valence-corrected chi connectivity index (χ3v) is 6.98. The molecule has 0 saturated carbocycles. The minimum absolute atomic E-state index is 0.0285. The van der Waals surface area contributed by atoms with E-state index in [1.54, 1.807) is 0 Å². The minimum Gasteiger partial charge on any atom is -0.490 e. The molecule has 0 saturated heterocycles. The van der Waals surface area contributed by atoms with Crippen molar-refractivity contribution in [1.82, 2.24) is 0 Å². The zero-order valence-electron chi connectivity index (χ0n) is 21.1. The number of allylic oxidation sites excluding steroid dienone is 4. The summed E-state index contributed by atoms with van der Waals surface area (Å²) >= 11 is 6.70. The maximum absolute atomic E-state index is 13.5. The van der Waals surface area contributed by atoms with Crippen molar-refractivity contribution in [2.75, 3.05) is 13.2 Å². The zero-order valence-corrected chi connectivity index (χ0v) is 21.9. The molecule has 0 unspecified atom stereocenters. The number of carbonyl (C=O) groups excluding carboxylic acids is 2. The standard InChI is InChI=1S/C28H35ClO5/c1-7-9-33-26-17(29)10-16(11-20(26)32-8-2)23-24-18(30)12-27(3,4)14-21(24)34-22-15-28(5,6)13-19(31)25(22)23/h10-11,23H,7-9,12-15H2,1-6H3. The van der Waals surface area contributed by atoms with Gasteiger partial charge in [0, 0.05) is 42.7 Å². The van der Waals surface area contributed by atoms with Crippen molar-refractivity contribution < 1.29 is 23.8 Å². The Balaban J connectivity index is 1.91. The van der Waals surface area contributed by atoms with Crippen LogP contribution in [-0.2, 0) is 14.3 Å². The highest BCUT2D eigenvalue weighted by Crippen LogP contribution is 2.54. The van der Waals surface area contributed by atoms with E-state index in [0.717, 1.165) is 12.0 Å². The van der Waals surface area contributed by atoms with Gasteiger partial charge in [0.05, 0.1) is 18.2 Å². The lowest BCUT2D eigenvalue weighted by molar-refractivity contribution is -0.120. The Morgan fingerprint density at radius 2 is 1.47 bits per heavy atom. The molecule has 0 spiro atoms. The molecular weight excluding hydrogens is 452 g/mol. The Hall–Kier alpha value is -2.27. The molecule has 0 fully saturated rings. The van der Waals surface area contributed by atoms with Crippen molar-refractivity contribution in [3.8, 4) is 11.5 Å². The molecule has 3 aliphatic rings. The minimum atomic E-state index is -0.511. The molecule has 34 heavy (non-hydrogen) atoms. The van der Waals surface area contributed by atoms with Gasteiger partial charge in [-0.15, -0.1) is 0 Å². The topological polar surface area (TPSA) is 61.8 Å². The normalized spacial score (nSPS) is 21.7. The summed E-state index contributed by atoms with van der Waals surface area (Å²) in [5, 5.41) is 0.414. The highest BCUT2D eigenvalue weighted by Gasteiger charge is 2.48. The third kappa shape index (κ3) is 4.64. The first-order valence-corrected chi connectivity index (χ1v) is 12.6. The van der Waals surface area contributed by atoms with E-state index in [2.05, 4.69) is 27.7 Å². The zero-order chi connectivity index (χ0) is 24.8. The highest BCUT2D eigenvalue weighted by atomic mass is 35.5. The maximum atomic E-state index is 13.5. The van der Waals surface area contributed by atoms with Crippen LogP contribution in [0.15, 0.2) is 34.8 Å². The van der Waals surface area contributed by atoms with E-state index >= 15 is 0 Å². The van der Waals surface area contributed by atoms with Crippen LogP contribution in [-0.4, -0.2) is 24.8 Å². The molecule has 0 radical (unpaired) electrons. The Morgan fingerprint density at radius 1 is 0.912 bits per heavy atom. The Bertz CT molecular complexity index is 1040. The summed E-state index contributed by atoms with van der Waals surface area (Å²) in [6.45, 7) is 13.2. The Labute approximate surface area is 207 Å². The molecule has 0 atom stereocenters. The van der Waals surface area contributed by atoms with Crippen LogP contribution in [0.4, 0.5) is 0 Å². The second-order valence-electron chi connectivity index (χ2n) is 11.2. The number of hydrogen-bond acceptors (Lipinski definition) is 5. The van der Waals surface area contributed by atoms with Gasteiger partial charge < -0.3 is 14.2 Å². The predicted molar refractivity (Wildman–Crippen MR) is 132 cm³/mol. The molecule has 0 N–H and O–H groups in total. The molecule has 1 aromatic rings. The summed E-state index contributed by atoms with van der Waals surface area (Å²) in [5.41, 5.74) is 1.55. The number of rotatable bonds is 6. The van der Waals surface area contributed by atoms with Crippen LogP contribution in [0.1, 0.15) is 85.1 Å². The number of hydrogen-bond donors (Lipinski definition) is 0. The van der Waals surface area contributed by atoms with Gasteiger partial charge in [0.25, 0.3) is 0 Å². The van der Waals surface area contributed by atoms with E-state index < -0.39 is 5.92 Å². The van der Waals surface area contributed by atoms with Crippen molar-refractivity contribution in [2.24, 2.45) is 10.8 Å². The molecular formula is C28H35ClO5. The second-order valence-corrected chi connectivity index (χ2v) is 11.6. The number of carbonyl (C=O) groups is 2. The van der Waals surface area contributed by atoms with Crippen LogP contribution in [0, 0.1) is 10.8 Å². The fraction of sp³-hybridized carbons (Fsp3) is 0.571. The van der Waals surface area contributed by atoms with Gasteiger partial charge in [-0.2, -0.15) is 0 Å². The molecule has 1 aliphatic heterocycles. The van der Waals surface area contributed by atoms with Crippen molar-refractivity contribution in [3.05, 3.63) is 45.4 Å². The van der Waals surface area contributed by atoms with Gasteiger partial charge in [0.15, 0.2) is 23.1 Å². The lowest BCUT2D eigenvalue weighted by atomic mass is 9.65. The van der Waals surface area contributed by atoms with E-state index in [1.807, 2.05) is 26.0 Å². The Kier molecular flexibility index (Phi) is 6.63. The summed E-state index contributed by atoms with van der Waals surface area (Å²) in [4.78, 5) is 27.0. The fourth-order valence-corrected chi connectivity index (χ4v) is 5.64. The van der Waals surface area contributed by atoms with Crippen LogP contribution in [0.3, 0.4) is 0 Å². The fourth-order valence-electron chi connectivity index (χ4n) is 5.37. The van der Waals surface area contributed by atoms with Crippen LogP contribution in [0.2, 0.25) is 5.02 Å². The van der Waals surface area contributed by atoms with Gasteiger partial charge in [-0.25, -0.2) is 0 Å². The van der Waals surface area contributed by atoms with Crippen molar-refractivity contribution in [2.45, 2.75) is 79.6 Å². The van der Waals surface area contributed by atoms with E-state index in [-0.39, 0.29) is 22.4 Å². The average Bonchev–Trinajstić information content (AvgIpc) is 2.70. The average molecular weight is 487 g/mol. The monoisotopic (exact) mass is 486 g/mol. The molecule has 2 aliphatic carbocycles. The third-order valence-electron chi connectivity index (χ3n) is 6.70. The van der Waals surface area contributed by atoms with Gasteiger partial charge in [0.2, 0.25) is 0 Å². The highest BCUT2D eigenvalue weighted by molar-refractivity contribution is 6.32. The molecule has 0 bridgehead atoms. The van der Waals surface area contributed by atoms with Crippen LogP contribution < -0.4 is 9.47 Å². The lowest BCUT2D eigenvalue weighted by Crippen LogP contribution is -2.37. The van der Waals surface area contributed by atoms with Gasteiger partial charge in [-0.1, -0.05) is 46.2 Å². The van der Waals surface area contributed by atoms with E-state index in [1.165, 1.54) is 0 Å². The Morgan fingerprint density at radius 3 is 1.97 bits per heavy atom. The molecule has 0 aromatic heterocycles. The number of Topliss-reactive ketones (excluding diaryl/α,β-unsaturated/α-hetero) is 2. The smallest absolute Gasteiger partial charge is 0.179 e. The van der Waals surface area contributed by atoms with Crippen LogP contribution >= 0.6 is 11.6 Å².